The van der Waals surface area contributed by atoms with Crippen LogP contribution in [0.3, 0.4) is 0 Å². The fourth-order valence-electron chi connectivity index (χ4n) is 1.61. The lowest BCUT2D eigenvalue weighted by Gasteiger charge is -1.99. The van der Waals surface area contributed by atoms with Crippen molar-refractivity contribution in [2.24, 2.45) is 0 Å². The Balaban J connectivity index is 2.09. The number of nitrogens with two attached hydrogens (primary N) is 1. The van der Waals surface area contributed by atoms with Gasteiger partial charge in [0, 0.05) is 6.42 Å². The molecule has 0 aromatic heterocycles. The van der Waals surface area contributed by atoms with E-state index in [4.69, 9.17) is 4.74 Å². The molecule has 0 saturated carbocycles. The van der Waals surface area contributed by atoms with Crippen LogP contribution in [-0.4, -0.2) is 24.7 Å². The van der Waals surface area contributed by atoms with Crippen LogP contribution in [0.25, 0.3) is 0 Å². The van der Waals surface area contributed by atoms with Crippen LogP contribution in [0.5, 0.6) is 0 Å². The molecule has 2 rings (SSSR count). The van der Waals surface area contributed by atoms with E-state index in [9.17, 15) is 4.79 Å². The van der Waals surface area contributed by atoms with Crippen molar-refractivity contribution in [2.45, 2.75) is 25.0 Å². The van der Waals surface area contributed by atoms with Crippen molar-refractivity contribution in [3.63, 3.8) is 0 Å². The van der Waals surface area contributed by atoms with E-state index in [2.05, 4.69) is 5.32 Å². The van der Waals surface area contributed by atoms with Gasteiger partial charge in [-0.05, 0) is 0 Å². The van der Waals surface area contributed by atoms with Crippen molar-refractivity contribution < 1.29 is 14.8 Å². The Morgan fingerprint density at radius 1 is 1.67 bits per heavy atom. The van der Waals surface area contributed by atoms with Gasteiger partial charge in [0.15, 0.2) is 6.10 Å². The number of esters is 1. The van der Waals surface area contributed by atoms with Gasteiger partial charge in [0.25, 0.3) is 0 Å². The van der Waals surface area contributed by atoms with Crippen LogP contribution in [0.2, 0.25) is 0 Å². The van der Waals surface area contributed by atoms with Gasteiger partial charge in [0.05, 0.1) is 6.54 Å². The van der Waals surface area contributed by atoms with E-state index < -0.39 is 0 Å². The van der Waals surface area contributed by atoms with E-state index >= 15 is 0 Å². The molecule has 50 valence electrons. The lowest BCUT2D eigenvalue weighted by Crippen LogP contribution is -2.87. The first kappa shape index (κ1) is 5.23. The second-order valence-corrected chi connectivity index (χ2v) is 2.71. The minimum atomic E-state index is -0.0130. The molecule has 0 unspecified atom stereocenters. The number of hydrogen-bond donors (Lipinski definition) is 1. The standard InChI is InChI=1S/C6H9NO2/c8-6-3-4-5(9-6)1-2-7-4/h4-5,7H,1-3H2/p+1/t4-,5-/m0/s1. The second kappa shape index (κ2) is 1.70. The highest BCUT2D eigenvalue weighted by Gasteiger charge is 2.41. The molecule has 0 radical (unpaired) electrons. The van der Waals surface area contributed by atoms with Crippen molar-refractivity contribution >= 4 is 5.97 Å². The third kappa shape index (κ3) is 0.721. The number of fused-ring (bicyclic) bond motifs is 1. The van der Waals surface area contributed by atoms with Crippen molar-refractivity contribution in [1.29, 1.82) is 0 Å². The minimum absolute atomic E-state index is 0.0130. The van der Waals surface area contributed by atoms with Gasteiger partial charge in [-0.1, -0.05) is 0 Å². The fourth-order valence-corrected chi connectivity index (χ4v) is 1.61. The third-order valence-corrected chi connectivity index (χ3v) is 2.08. The molecule has 0 aliphatic carbocycles. The Morgan fingerprint density at radius 3 is 3.33 bits per heavy atom. The highest BCUT2D eigenvalue weighted by atomic mass is 16.6. The Morgan fingerprint density at radius 2 is 2.56 bits per heavy atom. The van der Waals surface area contributed by atoms with Gasteiger partial charge in [-0.25, -0.2) is 0 Å². The topological polar surface area (TPSA) is 42.9 Å². The van der Waals surface area contributed by atoms with Crippen LogP contribution in [0.15, 0.2) is 0 Å². The van der Waals surface area contributed by atoms with Crippen molar-refractivity contribution in [1.82, 2.24) is 0 Å². The Labute approximate surface area is 53.4 Å². The molecule has 2 heterocycles. The average molecular weight is 128 g/mol. The van der Waals surface area contributed by atoms with Crippen LogP contribution < -0.4 is 5.32 Å². The number of hydrogen-bond acceptors (Lipinski definition) is 2. The molecule has 3 heteroatoms. The van der Waals surface area contributed by atoms with E-state index in [1.165, 1.54) is 0 Å². The Hall–Kier alpha value is -0.570. The summed E-state index contributed by atoms with van der Waals surface area (Å²) in [6.07, 6.45) is 1.93. The Kier molecular flexibility index (Phi) is 0.990. The number of carbonyl (C=O) groups excluding carboxylic acids is 1. The normalized spacial score (nSPS) is 40.7. The van der Waals surface area contributed by atoms with Crippen LogP contribution in [0.1, 0.15) is 12.8 Å². The molecule has 0 amide bonds. The maximum absolute atomic E-state index is 10.6. The molecular formula is C6H10NO2+. The zero-order valence-corrected chi connectivity index (χ0v) is 5.17. The molecule has 2 atom stereocenters. The fraction of sp³-hybridized carbons (Fsp3) is 0.833. The van der Waals surface area contributed by atoms with Gasteiger partial charge in [-0.2, -0.15) is 0 Å². The van der Waals surface area contributed by atoms with Gasteiger partial charge in [0.2, 0.25) is 0 Å². The lowest BCUT2D eigenvalue weighted by molar-refractivity contribution is -0.669. The molecule has 0 aromatic carbocycles. The SMILES string of the molecule is O=C1C[C@@H]2[NH2+]CC[C@@H]2O1. The minimum Gasteiger partial charge on any atom is -0.456 e. The summed E-state index contributed by atoms with van der Waals surface area (Å²) in [7, 11) is 0. The summed E-state index contributed by atoms with van der Waals surface area (Å²) in [6.45, 7) is 1.13. The van der Waals surface area contributed by atoms with Gasteiger partial charge < -0.3 is 10.1 Å². The van der Waals surface area contributed by atoms with E-state index in [0.29, 0.717) is 12.5 Å². The molecule has 0 aromatic rings. The third-order valence-electron chi connectivity index (χ3n) is 2.08. The summed E-state index contributed by atoms with van der Waals surface area (Å²) in [5.74, 6) is -0.0130. The molecule has 2 saturated heterocycles. The highest BCUT2D eigenvalue weighted by molar-refractivity contribution is 5.72. The van der Waals surface area contributed by atoms with E-state index in [1.807, 2.05) is 0 Å². The van der Waals surface area contributed by atoms with E-state index in [1.54, 1.807) is 0 Å². The van der Waals surface area contributed by atoms with Crippen molar-refractivity contribution in [2.75, 3.05) is 6.54 Å². The van der Waals surface area contributed by atoms with E-state index in [-0.39, 0.29) is 12.1 Å². The summed E-state index contributed by atoms with van der Waals surface area (Å²) >= 11 is 0. The molecule has 9 heavy (non-hydrogen) atoms. The zero-order chi connectivity index (χ0) is 6.27. The van der Waals surface area contributed by atoms with E-state index in [0.717, 1.165) is 13.0 Å². The smallest absolute Gasteiger partial charge is 0.312 e. The van der Waals surface area contributed by atoms with Crippen LogP contribution in [0.4, 0.5) is 0 Å². The molecule has 2 N–H and O–H groups in total. The quantitative estimate of drug-likeness (QED) is 0.409. The largest absolute Gasteiger partial charge is 0.456 e. The Bertz CT molecular complexity index is 132. The summed E-state index contributed by atoms with van der Waals surface area (Å²) in [5.41, 5.74) is 0. The number of rotatable bonds is 0. The summed E-state index contributed by atoms with van der Waals surface area (Å²) < 4.78 is 5.02. The summed E-state index contributed by atoms with van der Waals surface area (Å²) in [5, 5.41) is 2.20. The molecular weight excluding hydrogens is 118 g/mol. The number of ether oxygens (including phenoxy) is 1. The molecule has 3 nitrogen and oxygen atoms in total. The van der Waals surface area contributed by atoms with Crippen molar-refractivity contribution in [3.05, 3.63) is 0 Å². The first-order chi connectivity index (χ1) is 4.36. The van der Waals surface area contributed by atoms with Gasteiger partial charge in [0.1, 0.15) is 12.5 Å². The summed E-state index contributed by atoms with van der Waals surface area (Å²) in [4.78, 5) is 10.6. The predicted octanol–water partition coefficient (Wildman–Crippen LogP) is -1.36. The molecule has 0 bridgehead atoms. The van der Waals surface area contributed by atoms with Gasteiger partial charge in [-0.15, -0.1) is 0 Å². The van der Waals surface area contributed by atoms with Crippen molar-refractivity contribution in [3.8, 4) is 0 Å². The zero-order valence-electron chi connectivity index (χ0n) is 5.17. The first-order valence-electron chi connectivity index (χ1n) is 3.39. The van der Waals surface area contributed by atoms with Gasteiger partial charge in [-0.3, -0.25) is 4.79 Å². The second-order valence-electron chi connectivity index (χ2n) is 2.71. The molecule has 2 fully saturated rings. The summed E-state index contributed by atoms with van der Waals surface area (Å²) in [6, 6.07) is 0.456. The maximum Gasteiger partial charge on any atom is 0.312 e. The average Bonchev–Trinajstić information content (AvgIpc) is 2.22. The number of carbonyl (C=O) groups is 1. The van der Waals surface area contributed by atoms with Crippen LogP contribution >= 0.6 is 0 Å². The molecule has 0 spiro atoms. The monoisotopic (exact) mass is 128 g/mol. The lowest BCUT2D eigenvalue weighted by atomic mass is 10.2. The maximum atomic E-state index is 10.6. The van der Waals surface area contributed by atoms with Gasteiger partial charge >= 0.3 is 5.97 Å². The van der Waals surface area contributed by atoms with Crippen LogP contribution in [0, 0.1) is 0 Å². The molecule has 2 aliphatic heterocycles. The predicted molar refractivity (Wildman–Crippen MR) is 29.7 cm³/mol. The number of quaternary nitrogens is 1. The highest BCUT2D eigenvalue weighted by Crippen LogP contribution is 2.17. The first-order valence-corrected chi connectivity index (χ1v) is 3.39. The van der Waals surface area contributed by atoms with Crippen LogP contribution in [-0.2, 0) is 9.53 Å². The molecule has 2 aliphatic rings.